The maximum Gasteiger partial charge on any atom is 0.326 e. The van der Waals surface area contributed by atoms with Gasteiger partial charge in [-0.15, -0.1) is 0 Å². The number of aromatic amines is 3. The number of nitrogens with two attached hydrogens (primary N) is 1. The molecule has 1 fully saturated rings. The number of amides is 4. The summed E-state index contributed by atoms with van der Waals surface area (Å²) in [5, 5.41) is 28.9. The van der Waals surface area contributed by atoms with Crippen LogP contribution in [-0.2, 0) is 43.2 Å². The zero-order valence-corrected chi connectivity index (χ0v) is 26.8. The second-order valence-corrected chi connectivity index (χ2v) is 12.1. The van der Waals surface area contributed by atoms with Gasteiger partial charge in [-0.25, -0.2) is 14.8 Å². The number of benzene rings is 1. The Kier molecular flexibility index (Phi) is 11.0. The molecule has 4 heterocycles. The van der Waals surface area contributed by atoms with Gasteiger partial charge >= 0.3 is 5.97 Å². The first-order valence-electron chi connectivity index (χ1n) is 15.9. The van der Waals surface area contributed by atoms with E-state index in [1.54, 1.807) is 12.4 Å². The molecule has 49 heavy (non-hydrogen) atoms. The Morgan fingerprint density at radius 1 is 0.918 bits per heavy atom. The molecule has 4 amide bonds. The molecule has 0 radical (unpaired) electrons. The van der Waals surface area contributed by atoms with Gasteiger partial charge in [0.05, 0.1) is 24.8 Å². The van der Waals surface area contributed by atoms with E-state index >= 15 is 0 Å². The van der Waals surface area contributed by atoms with Crippen molar-refractivity contribution < 1.29 is 34.2 Å². The van der Waals surface area contributed by atoms with Gasteiger partial charge in [0, 0.05) is 66.7 Å². The van der Waals surface area contributed by atoms with Crippen molar-refractivity contribution in [3.63, 3.8) is 0 Å². The number of carbonyl (C=O) groups is 5. The van der Waals surface area contributed by atoms with Crippen molar-refractivity contribution in [1.82, 2.24) is 45.8 Å². The van der Waals surface area contributed by atoms with Crippen molar-refractivity contribution in [1.29, 1.82) is 0 Å². The van der Waals surface area contributed by atoms with E-state index in [1.165, 1.54) is 25.8 Å². The van der Waals surface area contributed by atoms with E-state index in [1.807, 2.05) is 24.3 Å². The highest BCUT2D eigenvalue weighted by atomic mass is 16.4. The number of aliphatic carboxylic acids is 1. The number of para-hydroxylation sites is 1. The molecular formula is C32H40N10O7. The molecule has 6 atom stereocenters. The number of aromatic nitrogens is 5. The van der Waals surface area contributed by atoms with Gasteiger partial charge in [-0.3, -0.25) is 19.2 Å². The number of rotatable bonds is 15. The molecule has 260 valence electrons. The number of carboxylic acid groups (broad SMARTS) is 1. The van der Waals surface area contributed by atoms with E-state index in [0.717, 1.165) is 21.4 Å². The number of nitrogens with zero attached hydrogens (tertiary/aromatic N) is 3. The molecule has 3 aromatic heterocycles. The molecule has 10 N–H and O–H groups in total. The van der Waals surface area contributed by atoms with Gasteiger partial charge in [-0.05, 0) is 31.4 Å². The van der Waals surface area contributed by atoms with Crippen molar-refractivity contribution in [2.45, 2.75) is 75.3 Å². The van der Waals surface area contributed by atoms with Crippen LogP contribution < -0.4 is 21.7 Å². The molecule has 4 aromatic rings. The Balaban J connectivity index is 1.38. The number of hydrogen-bond acceptors (Lipinski definition) is 9. The van der Waals surface area contributed by atoms with E-state index in [9.17, 15) is 34.2 Å². The lowest BCUT2D eigenvalue weighted by molar-refractivity contribution is -0.150. The molecule has 0 bridgehead atoms. The minimum atomic E-state index is -1.49. The van der Waals surface area contributed by atoms with Crippen LogP contribution in [-0.4, -0.2) is 112 Å². The van der Waals surface area contributed by atoms with Crippen molar-refractivity contribution in [3.05, 3.63) is 72.5 Å². The number of aliphatic hydroxyl groups excluding tert-OH is 1. The number of imidazole rings is 2. The van der Waals surface area contributed by atoms with Crippen LogP contribution in [0.3, 0.4) is 0 Å². The van der Waals surface area contributed by atoms with Crippen LogP contribution in [0.1, 0.15) is 36.7 Å². The van der Waals surface area contributed by atoms with Crippen molar-refractivity contribution in [3.8, 4) is 0 Å². The number of carbonyl (C=O) groups excluding carboxylic acids is 4. The van der Waals surface area contributed by atoms with Crippen LogP contribution in [0.15, 0.2) is 55.5 Å². The Labute approximate surface area is 280 Å². The molecule has 0 aliphatic carbocycles. The van der Waals surface area contributed by atoms with Gasteiger partial charge in [0.25, 0.3) is 0 Å². The molecule has 1 saturated heterocycles. The van der Waals surface area contributed by atoms with Crippen LogP contribution >= 0.6 is 0 Å². The Bertz CT molecular complexity index is 1750. The lowest BCUT2D eigenvalue weighted by Gasteiger charge is -2.30. The zero-order valence-electron chi connectivity index (χ0n) is 26.8. The largest absolute Gasteiger partial charge is 0.480 e. The van der Waals surface area contributed by atoms with Crippen molar-refractivity contribution >= 4 is 40.5 Å². The fraction of sp³-hybridized carbons (Fsp3) is 0.406. The lowest BCUT2D eigenvalue weighted by Crippen LogP contribution is -2.61. The molecule has 1 aliphatic rings. The number of hydrogen-bond donors (Lipinski definition) is 9. The van der Waals surface area contributed by atoms with Crippen LogP contribution in [0.25, 0.3) is 10.9 Å². The van der Waals surface area contributed by atoms with E-state index in [-0.39, 0.29) is 32.2 Å². The zero-order chi connectivity index (χ0) is 35.1. The minimum Gasteiger partial charge on any atom is -0.480 e. The van der Waals surface area contributed by atoms with Crippen LogP contribution in [0.2, 0.25) is 0 Å². The van der Waals surface area contributed by atoms with Crippen LogP contribution in [0.5, 0.6) is 0 Å². The second kappa shape index (κ2) is 15.6. The molecule has 0 unspecified atom stereocenters. The molecule has 17 heteroatoms. The maximum atomic E-state index is 14.0. The number of nitrogens with one attached hydrogen (secondary N) is 6. The highest BCUT2D eigenvalue weighted by Crippen LogP contribution is 2.21. The number of carboxylic acids is 1. The normalized spacial score (nSPS) is 17.5. The van der Waals surface area contributed by atoms with Gasteiger partial charge < -0.3 is 51.7 Å². The first kappa shape index (κ1) is 34.8. The van der Waals surface area contributed by atoms with E-state index < -0.39 is 65.9 Å². The summed E-state index contributed by atoms with van der Waals surface area (Å²) < 4.78 is 0. The average molecular weight is 677 g/mol. The van der Waals surface area contributed by atoms with Gasteiger partial charge in [0.1, 0.15) is 24.2 Å². The number of fused-ring (bicyclic) bond motifs is 1. The van der Waals surface area contributed by atoms with Gasteiger partial charge in [0.2, 0.25) is 23.6 Å². The van der Waals surface area contributed by atoms with E-state index in [4.69, 9.17) is 5.73 Å². The van der Waals surface area contributed by atoms with Gasteiger partial charge in [-0.2, -0.15) is 0 Å². The van der Waals surface area contributed by atoms with E-state index in [0.29, 0.717) is 17.8 Å². The Morgan fingerprint density at radius 3 is 2.20 bits per heavy atom. The highest BCUT2D eigenvalue weighted by molar-refractivity contribution is 5.96. The highest BCUT2D eigenvalue weighted by Gasteiger charge is 2.40. The summed E-state index contributed by atoms with van der Waals surface area (Å²) in [6.45, 7) is 1.46. The summed E-state index contributed by atoms with van der Waals surface area (Å²) in [5.41, 5.74) is 8.84. The first-order chi connectivity index (χ1) is 23.5. The summed E-state index contributed by atoms with van der Waals surface area (Å²) >= 11 is 0. The third-order valence-corrected chi connectivity index (χ3v) is 8.54. The smallest absolute Gasteiger partial charge is 0.326 e. The SMILES string of the molecule is C[C@@H](O)[C@H](NC(=O)[C@H](Cc1cnc[nH]1)NC(=O)[C@H](Cc1c[nH]c2ccccc12)NC(=O)[C@@H](N)Cc1cnc[nH]1)C(=O)N1CCC[C@H]1C(=O)O. The molecule has 5 rings (SSSR count). The predicted molar refractivity (Wildman–Crippen MR) is 174 cm³/mol. The maximum absolute atomic E-state index is 14.0. The predicted octanol–water partition coefficient (Wildman–Crippen LogP) is -1.12. The Hall–Kier alpha value is -5.55. The molecule has 17 nitrogen and oxygen atoms in total. The summed E-state index contributed by atoms with van der Waals surface area (Å²) in [6.07, 6.45) is 6.99. The van der Waals surface area contributed by atoms with Crippen molar-refractivity contribution in [2.24, 2.45) is 5.73 Å². The molecular weight excluding hydrogens is 636 g/mol. The van der Waals surface area contributed by atoms with Gasteiger partial charge in [-0.1, -0.05) is 18.2 Å². The molecule has 1 aliphatic heterocycles. The molecule has 1 aromatic carbocycles. The van der Waals surface area contributed by atoms with Gasteiger partial charge in [0.15, 0.2) is 0 Å². The third kappa shape index (κ3) is 8.49. The number of H-pyrrole nitrogens is 3. The third-order valence-electron chi connectivity index (χ3n) is 8.54. The lowest BCUT2D eigenvalue weighted by atomic mass is 10.0. The topological polar surface area (TPSA) is 264 Å². The van der Waals surface area contributed by atoms with E-state index in [2.05, 4.69) is 40.9 Å². The Morgan fingerprint density at radius 2 is 1.55 bits per heavy atom. The summed E-state index contributed by atoms with van der Waals surface area (Å²) in [7, 11) is 0. The number of aliphatic hydroxyl groups is 1. The number of likely N-dealkylation sites (tertiary alicyclic amines) is 1. The summed E-state index contributed by atoms with van der Waals surface area (Å²) in [4.78, 5) is 84.2. The monoisotopic (exact) mass is 676 g/mol. The standard InChI is InChI=1S/C32H40N10O7/c1-17(43)27(31(47)42-8-4-7-26(42)32(48)49)41-30(46)25(11-20-14-35-16-38-20)40-29(45)24(9-18-12-36-23-6-3-2-5-21(18)23)39-28(44)22(33)10-19-13-34-15-37-19/h2-3,5-6,12-17,22,24-27,36,43H,4,7-11,33H2,1H3,(H,34,37)(H,35,38)(H,39,44)(H,40,45)(H,41,46)(H,48,49)/t17-,22+,24+,25+,26+,27+/m1/s1. The summed E-state index contributed by atoms with van der Waals surface area (Å²) in [6, 6.07) is 1.36. The quantitative estimate of drug-likeness (QED) is 0.0732. The summed E-state index contributed by atoms with van der Waals surface area (Å²) in [5.74, 6) is -4.07. The van der Waals surface area contributed by atoms with Crippen molar-refractivity contribution in [2.75, 3.05) is 6.54 Å². The fourth-order valence-corrected chi connectivity index (χ4v) is 5.94. The van der Waals surface area contributed by atoms with Crippen LogP contribution in [0, 0.1) is 0 Å². The minimum absolute atomic E-state index is 0.0388. The van der Waals surface area contributed by atoms with Crippen LogP contribution in [0.4, 0.5) is 0 Å². The average Bonchev–Trinajstić information content (AvgIpc) is 3.91. The molecule has 0 spiro atoms. The molecule has 0 saturated carbocycles. The first-order valence-corrected chi connectivity index (χ1v) is 15.9. The second-order valence-electron chi connectivity index (χ2n) is 12.1. The fourth-order valence-electron chi connectivity index (χ4n) is 5.94.